The first-order chi connectivity index (χ1) is 13.2. The number of halogens is 1. The van der Waals surface area contributed by atoms with E-state index in [0.29, 0.717) is 6.04 Å². The van der Waals surface area contributed by atoms with Gasteiger partial charge < -0.3 is 15.1 Å². The summed E-state index contributed by atoms with van der Waals surface area (Å²) in [5.41, 5.74) is 1.18. The molecule has 3 heterocycles. The van der Waals surface area contributed by atoms with Gasteiger partial charge in [-0.15, -0.1) is 35.3 Å². The summed E-state index contributed by atoms with van der Waals surface area (Å²) in [6.07, 6.45) is 6.14. The Morgan fingerprint density at radius 1 is 1.29 bits per heavy atom. The van der Waals surface area contributed by atoms with Crippen molar-refractivity contribution in [1.29, 1.82) is 0 Å². The average Bonchev–Trinajstić information content (AvgIpc) is 3.42. The average molecular weight is 521 g/mol. The van der Waals surface area contributed by atoms with Gasteiger partial charge in [0.2, 0.25) is 0 Å². The fraction of sp³-hybridized carbons (Fsp3) is 0.800. The second-order valence-corrected chi connectivity index (χ2v) is 8.44. The smallest absolute Gasteiger partial charge is 0.193 e. The Labute approximate surface area is 191 Å². The van der Waals surface area contributed by atoms with E-state index in [1.807, 2.05) is 0 Å². The van der Waals surface area contributed by atoms with Gasteiger partial charge in [0.1, 0.15) is 0 Å². The monoisotopic (exact) mass is 520 g/mol. The Balaban J connectivity index is 0.00000280. The molecule has 8 heteroatoms. The van der Waals surface area contributed by atoms with Gasteiger partial charge in [0.15, 0.2) is 11.1 Å². The van der Waals surface area contributed by atoms with Gasteiger partial charge in [-0.05, 0) is 45.7 Å². The van der Waals surface area contributed by atoms with Crippen molar-refractivity contribution in [1.82, 2.24) is 20.1 Å². The highest BCUT2D eigenvalue weighted by molar-refractivity contribution is 14.0. The molecule has 0 spiro atoms. The van der Waals surface area contributed by atoms with Gasteiger partial charge >= 0.3 is 0 Å². The zero-order valence-electron chi connectivity index (χ0n) is 17.7. The molecule has 0 bridgehead atoms. The van der Waals surface area contributed by atoms with Crippen molar-refractivity contribution in [2.24, 2.45) is 4.99 Å². The number of likely N-dealkylation sites (N-methyl/N-ethyl adjacent to an activating group) is 2. The van der Waals surface area contributed by atoms with Crippen LogP contribution in [0.1, 0.15) is 45.2 Å². The molecule has 0 radical (unpaired) electrons. The molecule has 6 nitrogen and oxygen atoms in total. The summed E-state index contributed by atoms with van der Waals surface area (Å²) in [6.45, 7) is 11.9. The number of hydrogen-bond donors (Lipinski definition) is 1. The molecule has 160 valence electrons. The number of aliphatic imine (C=N–C) groups is 1. The largest absolute Gasteiger partial charge is 0.357 e. The van der Waals surface area contributed by atoms with Crippen LogP contribution in [0, 0.1) is 0 Å². The normalized spacial score (nSPS) is 20.5. The molecule has 28 heavy (non-hydrogen) atoms. The van der Waals surface area contributed by atoms with Crippen LogP contribution in [0.4, 0.5) is 5.13 Å². The highest BCUT2D eigenvalue weighted by Gasteiger charge is 2.25. The lowest BCUT2D eigenvalue weighted by Gasteiger charge is -2.29. The molecule has 0 aliphatic carbocycles. The van der Waals surface area contributed by atoms with Crippen LogP contribution in [0.25, 0.3) is 0 Å². The maximum Gasteiger partial charge on any atom is 0.193 e. The maximum atomic E-state index is 4.87. The van der Waals surface area contributed by atoms with Crippen LogP contribution in [-0.4, -0.2) is 79.6 Å². The van der Waals surface area contributed by atoms with Gasteiger partial charge in [-0.1, -0.05) is 6.92 Å². The molecule has 2 aliphatic heterocycles. The number of guanidine groups is 1. The molecule has 2 fully saturated rings. The van der Waals surface area contributed by atoms with Crippen molar-refractivity contribution >= 4 is 46.4 Å². The lowest BCUT2D eigenvalue weighted by molar-refractivity contribution is 0.232. The third-order valence-electron chi connectivity index (χ3n) is 5.63. The SMILES string of the molecule is CCNC(=NCCc1csc(N2CCCC2)n1)N(C)CC1CCCN1CC.I. The molecule has 0 aromatic carbocycles. The number of nitrogens with one attached hydrogen (secondary N) is 1. The number of rotatable bonds is 8. The molecule has 1 N–H and O–H groups in total. The van der Waals surface area contributed by atoms with Crippen molar-refractivity contribution in [2.75, 3.05) is 57.8 Å². The van der Waals surface area contributed by atoms with Crippen molar-refractivity contribution in [2.45, 2.75) is 52.0 Å². The number of anilines is 1. The molecular formula is C20H37IN6S. The highest BCUT2D eigenvalue weighted by atomic mass is 127. The number of thiazole rings is 1. The topological polar surface area (TPSA) is 47.0 Å². The lowest BCUT2D eigenvalue weighted by Crippen LogP contribution is -2.46. The van der Waals surface area contributed by atoms with Crippen LogP contribution in [0.3, 0.4) is 0 Å². The van der Waals surface area contributed by atoms with Crippen LogP contribution in [0.5, 0.6) is 0 Å². The third-order valence-corrected chi connectivity index (χ3v) is 6.58. The van der Waals surface area contributed by atoms with Crippen molar-refractivity contribution in [3.8, 4) is 0 Å². The van der Waals surface area contributed by atoms with Crippen molar-refractivity contribution in [3.63, 3.8) is 0 Å². The van der Waals surface area contributed by atoms with E-state index in [1.165, 1.54) is 43.1 Å². The highest BCUT2D eigenvalue weighted by Crippen LogP contribution is 2.24. The quantitative estimate of drug-likeness (QED) is 0.324. The Morgan fingerprint density at radius 3 is 2.79 bits per heavy atom. The van der Waals surface area contributed by atoms with Gasteiger partial charge in [0, 0.05) is 57.6 Å². The lowest BCUT2D eigenvalue weighted by atomic mass is 10.2. The Morgan fingerprint density at radius 2 is 2.07 bits per heavy atom. The third kappa shape index (κ3) is 6.45. The van der Waals surface area contributed by atoms with Crippen LogP contribution in [0.2, 0.25) is 0 Å². The minimum absolute atomic E-state index is 0. The van der Waals surface area contributed by atoms with Gasteiger partial charge in [-0.25, -0.2) is 4.98 Å². The summed E-state index contributed by atoms with van der Waals surface area (Å²) in [5, 5.41) is 6.85. The number of aromatic nitrogens is 1. The summed E-state index contributed by atoms with van der Waals surface area (Å²) in [5.74, 6) is 1.02. The van der Waals surface area contributed by atoms with Crippen LogP contribution in [0.15, 0.2) is 10.4 Å². The predicted molar refractivity (Wildman–Crippen MR) is 132 cm³/mol. The van der Waals surface area contributed by atoms with Gasteiger partial charge in [-0.2, -0.15) is 0 Å². The summed E-state index contributed by atoms with van der Waals surface area (Å²) in [6, 6.07) is 0.658. The molecule has 1 atom stereocenters. The van der Waals surface area contributed by atoms with Crippen molar-refractivity contribution in [3.05, 3.63) is 11.1 Å². The van der Waals surface area contributed by atoms with E-state index in [0.717, 1.165) is 51.6 Å². The minimum Gasteiger partial charge on any atom is -0.357 e. The molecule has 1 unspecified atom stereocenters. The molecule has 2 saturated heterocycles. The van der Waals surface area contributed by atoms with Crippen LogP contribution >= 0.6 is 35.3 Å². The first-order valence-electron chi connectivity index (χ1n) is 10.6. The Hall–Kier alpha value is -0.610. The zero-order valence-corrected chi connectivity index (χ0v) is 20.8. The Kier molecular flexibility index (Phi) is 10.3. The predicted octanol–water partition coefficient (Wildman–Crippen LogP) is 3.29. The first kappa shape index (κ1) is 23.7. The standard InChI is InChI=1S/C20H36N6S.HI/c1-4-21-19(24(3)15-18-9-8-14-25(18)5-2)22-11-10-17-16-27-20(23-17)26-12-6-7-13-26;/h16,18H,4-15H2,1-3H3,(H,21,22);1H. The molecule has 2 aliphatic rings. The van der Waals surface area contributed by atoms with Crippen molar-refractivity contribution < 1.29 is 0 Å². The minimum atomic E-state index is 0. The summed E-state index contributed by atoms with van der Waals surface area (Å²) < 4.78 is 0. The van der Waals surface area contributed by atoms with Crippen LogP contribution in [-0.2, 0) is 6.42 Å². The molecule has 3 rings (SSSR count). The van der Waals surface area contributed by atoms with Gasteiger partial charge in [0.25, 0.3) is 0 Å². The second kappa shape index (κ2) is 12.2. The first-order valence-corrected chi connectivity index (χ1v) is 11.5. The van der Waals surface area contributed by atoms with E-state index in [4.69, 9.17) is 9.98 Å². The second-order valence-electron chi connectivity index (χ2n) is 7.61. The fourth-order valence-electron chi connectivity index (χ4n) is 4.13. The van der Waals surface area contributed by atoms with E-state index in [2.05, 4.69) is 46.3 Å². The fourth-order valence-corrected chi connectivity index (χ4v) is 5.05. The number of nitrogens with zero attached hydrogens (tertiary/aromatic N) is 5. The van der Waals surface area contributed by atoms with E-state index in [1.54, 1.807) is 11.3 Å². The van der Waals surface area contributed by atoms with E-state index in [-0.39, 0.29) is 24.0 Å². The molecule has 0 amide bonds. The van der Waals surface area contributed by atoms with Gasteiger partial charge in [0.05, 0.1) is 5.69 Å². The van der Waals surface area contributed by atoms with E-state index < -0.39 is 0 Å². The maximum absolute atomic E-state index is 4.87. The zero-order chi connectivity index (χ0) is 19.1. The van der Waals surface area contributed by atoms with E-state index >= 15 is 0 Å². The summed E-state index contributed by atoms with van der Waals surface area (Å²) in [7, 11) is 2.17. The van der Waals surface area contributed by atoms with E-state index in [9.17, 15) is 0 Å². The summed E-state index contributed by atoms with van der Waals surface area (Å²) in [4.78, 5) is 17.0. The molecule has 0 saturated carbocycles. The molecule has 1 aromatic heterocycles. The van der Waals surface area contributed by atoms with Gasteiger partial charge in [-0.3, -0.25) is 9.89 Å². The molecular weight excluding hydrogens is 483 g/mol. The number of hydrogen-bond acceptors (Lipinski definition) is 5. The Bertz CT molecular complexity index is 601. The molecule has 1 aromatic rings. The van der Waals surface area contributed by atoms with Crippen LogP contribution < -0.4 is 10.2 Å². The summed E-state index contributed by atoms with van der Waals surface area (Å²) >= 11 is 1.78. The number of likely N-dealkylation sites (tertiary alicyclic amines) is 1.